The molecule has 0 bridgehead atoms. The molecule has 0 aliphatic heterocycles. The minimum Gasteiger partial charge on any atom is -0.345 e. The lowest BCUT2D eigenvalue weighted by Crippen LogP contribution is -2.46. The summed E-state index contributed by atoms with van der Waals surface area (Å²) in [5.41, 5.74) is 4.17. The van der Waals surface area contributed by atoms with Gasteiger partial charge < -0.3 is 14.4 Å². The van der Waals surface area contributed by atoms with Crippen LogP contribution in [0.4, 0.5) is 4.39 Å². The maximum Gasteiger partial charge on any atom is 0.242 e. The molecule has 1 aliphatic rings. The average Bonchev–Trinajstić information content (AvgIpc) is 3.66. The highest BCUT2D eigenvalue weighted by Gasteiger charge is 2.46. The lowest BCUT2D eigenvalue weighted by atomic mass is 10.1. The molecule has 0 spiro atoms. The van der Waals surface area contributed by atoms with E-state index >= 15 is 0 Å². The molecule has 0 N–H and O–H groups in total. The topological polar surface area (TPSA) is 45.6 Å². The Kier molecular flexibility index (Phi) is 8.44. The quantitative estimate of drug-likeness (QED) is 0.227. The Morgan fingerprint density at radius 1 is 0.850 bits per heavy atom. The van der Waals surface area contributed by atoms with E-state index in [2.05, 4.69) is 16.7 Å². The standard InChI is InChI=1S/C34H36FN3O2/c1-25(2)38(34(40)32-20-31(32)28-12-7-4-8-13-28)24-33(39)37(22-26-10-5-3-6-11-26)23-30-14-9-19-36(30)21-27-15-17-29(35)18-16-27/h3-19,25,31-32H,20-24H2,1-2H3. The Morgan fingerprint density at radius 2 is 1.52 bits per heavy atom. The number of halogens is 1. The summed E-state index contributed by atoms with van der Waals surface area (Å²) in [5.74, 6) is -0.149. The molecule has 206 valence electrons. The molecule has 0 radical (unpaired) electrons. The van der Waals surface area contributed by atoms with Crippen LogP contribution in [0.15, 0.2) is 103 Å². The van der Waals surface area contributed by atoms with E-state index in [-0.39, 0.29) is 42.1 Å². The van der Waals surface area contributed by atoms with Crippen LogP contribution < -0.4 is 0 Å². The largest absolute Gasteiger partial charge is 0.345 e. The van der Waals surface area contributed by atoms with Crippen LogP contribution in [-0.2, 0) is 29.2 Å². The van der Waals surface area contributed by atoms with Gasteiger partial charge in [-0.1, -0.05) is 72.8 Å². The molecule has 5 nitrogen and oxygen atoms in total. The molecule has 1 aliphatic carbocycles. The number of nitrogens with zero attached hydrogens (tertiary/aromatic N) is 3. The van der Waals surface area contributed by atoms with Gasteiger partial charge >= 0.3 is 0 Å². The normalized spacial score (nSPS) is 16.1. The summed E-state index contributed by atoms with van der Waals surface area (Å²) >= 11 is 0. The minimum atomic E-state index is -0.262. The summed E-state index contributed by atoms with van der Waals surface area (Å²) in [6, 6.07) is 30.4. The van der Waals surface area contributed by atoms with Gasteiger partial charge in [0.15, 0.2) is 0 Å². The third kappa shape index (κ3) is 6.68. The van der Waals surface area contributed by atoms with Crippen LogP contribution in [0.5, 0.6) is 0 Å². The first kappa shape index (κ1) is 27.4. The molecule has 1 heterocycles. The number of carbonyl (C=O) groups excluding carboxylic acids is 2. The highest BCUT2D eigenvalue weighted by Crippen LogP contribution is 2.48. The van der Waals surface area contributed by atoms with E-state index in [0.29, 0.717) is 19.6 Å². The smallest absolute Gasteiger partial charge is 0.242 e. The van der Waals surface area contributed by atoms with Gasteiger partial charge in [0.25, 0.3) is 0 Å². The van der Waals surface area contributed by atoms with Crippen molar-refractivity contribution in [3.63, 3.8) is 0 Å². The summed E-state index contributed by atoms with van der Waals surface area (Å²) in [6.07, 6.45) is 2.80. The van der Waals surface area contributed by atoms with E-state index in [1.165, 1.54) is 17.7 Å². The minimum absolute atomic E-state index is 0.0417. The van der Waals surface area contributed by atoms with Crippen LogP contribution >= 0.6 is 0 Å². The van der Waals surface area contributed by atoms with Gasteiger partial charge in [-0.25, -0.2) is 4.39 Å². The highest BCUT2D eigenvalue weighted by atomic mass is 19.1. The summed E-state index contributed by atoms with van der Waals surface area (Å²) in [4.78, 5) is 31.0. The molecule has 2 atom stereocenters. The molecular weight excluding hydrogens is 501 g/mol. The summed E-state index contributed by atoms with van der Waals surface area (Å²) in [6.45, 7) is 5.41. The van der Waals surface area contributed by atoms with Gasteiger partial charge in [0, 0.05) is 36.9 Å². The lowest BCUT2D eigenvalue weighted by molar-refractivity contribution is -0.143. The van der Waals surface area contributed by atoms with E-state index in [1.807, 2.05) is 85.6 Å². The van der Waals surface area contributed by atoms with Crippen molar-refractivity contribution in [1.82, 2.24) is 14.4 Å². The van der Waals surface area contributed by atoms with E-state index in [4.69, 9.17) is 0 Å². The number of aromatic nitrogens is 1. The Morgan fingerprint density at radius 3 is 2.20 bits per heavy atom. The second kappa shape index (κ2) is 12.3. The third-order valence-electron chi connectivity index (χ3n) is 7.66. The fourth-order valence-corrected chi connectivity index (χ4v) is 5.28. The molecule has 0 saturated heterocycles. The molecule has 5 rings (SSSR count). The van der Waals surface area contributed by atoms with Crippen LogP contribution in [0.1, 0.15) is 48.6 Å². The van der Waals surface area contributed by atoms with Crippen LogP contribution in [0, 0.1) is 11.7 Å². The number of hydrogen-bond donors (Lipinski definition) is 0. The number of benzene rings is 3. The van der Waals surface area contributed by atoms with Gasteiger partial charge in [0.1, 0.15) is 12.4 Å². The van der Waals surface area contributed by atoms with Crippen LogP contribution in [-0.4, -0.2) is 38.8 Å². The molecule has 4 aromatic rings. The first-order valence-corrected chi connectivity index (χ1v) is 13.9. The van der Waals surface area contributed by atoms with Gasteiger partial charge in [0.05, 0.1) is 6.54 Å². The van der Waals surface area contributed by atoms with Crippen molar-refractivity contribution in [1.29, 1.82) is 0 Å². The van der Waals surface area contributed by atoms with Crippen molar-refractivity contribution in [2.24, 2.45) is 5.92 Å². The van der Waals surface area contributed by atoms with E-state index in [9.17, 15) is 14.0 Å². The summed E-state index contributed by atoms with van der Waals surface area (Å²) in [5, 5.41) is 0. The molecule has 2 unspecified atom stereocenters. The Balaban J connectivity index is 1.32. The van der Waals surface area contributed by atoms with Crippen molar-refractivity contribution in [3.05, 3.63) is 131 Å². The molecule has 1 aromatic heterocycles. The van der Waals surface area contributed by atoms with Crippen molar-refractivity contribution in [2.75, 3.05) is 6.54 Å². The van der Waals surface area contributed by atoms with Gasteiger partial charge in [0.2, 0.25) is 11.8 Å². The predicted molar refractivity (Wildman–Crippen MR) is 155 cm³/mol. The monoisotopic (exact) mass is 537 g/mol. The van der Waals surface area contributed by atoms with Gasteiger partial charge in [-0.05, 0) is 67.1 Å². The van der Waals surface area contributed by atoms with Crippen molar-refractivity contribution < 1.29 is 14.0 Å². The van der Waals surface area contributed by atoms with Gasteiger partial charge in [-0.3, -0.25) is 9.59 Å². The number of carbonyl (C=O) groups is 2. The van der Waals surface area contributed by atoms with Gasteiger partial charge in [-0.2, -0.15) is 0 Å². The predicted octanol–water partition coefficient (Wildman–Crippen LogP) is 6.25. The Bertz CT molecular complexity index is 1420. The van der Waals surface area contributed by atoms with Crippen LogP contribution in [0.3, 0.4) is 0 Å². The molecular formula is C34H36FN3O2. The van der Waals surface area contributed by atoms with E-state index in [0.717, 1.165) is 23.2 Å². The second-order valence-electron chi connectivity index (χ2n) is 10.9. The van der Waals surface area contributed by atoms with Crippen molar-refractivity contribution in [3.8, 4) is 0 Å². The zero-order valence-electron chi connectivity index (χ0n) is 23.1. The number of rotatable bonds is 11. The van der Waals surface area contributed by atoms with E-state index < -0.39 is 0 Å². The SMILES string of the molecule is CC(C)N(CC(=O)N(Cc1ccccc1)Cc1cccn1Cc1ccc(F)cc1)C(=O)C1CC1c1ccccc1. The highest BCUT2D eigenvalue weighted by molar-refractivity contribution is 5.88. The molecule has 6 heteroatoms. The Hall–Kier alpha value is -4.19. The zero-order valence-corrected chi connectivity index (χ0v) is 23.1. The third-order valence-corrected chi connectivity index (χ3v) is 7.66. The fraction of sp³-hybridized carbons (Fsp3) is 0.294. The lowest BCUT2D eigenvalue weighted by Gasteiger charge is -2.31. The van der Waals surface area contributed by atoms with Crippen LogP contribution in [0.25, 0.3) is 0 Å². The molecule has 40 heavy (non-hydrogen) atoms. The number of amides is 2. The maximum atomic E-state index is 13.9. The Labute approximate surface area is 235 Å². The molecule has 1 fully saturated rings. The van der Waals surface area contributed by atoms with Crippen LogP contribution in [0.2, 0.25) is 0 Å². The first-order valence-electron chi connectivity index (χ1n) is 13.9. The molecule has 2 amide bonds. The summed E-state index contributed by atoms with van der Waals surface area (Å²) < 4.78 is 15.5. The number of hydrogen-bond acceptors (Lipinski definition) is 2. The van der Waals surface area contributed by atoms with Crippen molar-refractivity contribution >= 4 is 11.8 Å². The van der Waals surface area contributed by atoms with Crippen molar-refractivity contribution in [2.45, 2.75) is 51.9 Å². The maximum absolute atomic E-state index is 13.9. The van der Waals surface area contributed by atoms with E-state index in [1.54, 1.807) is 17.0 Å². The zero-order chi connectivity index (χ0) is 28.1. The first-order chi connectivity index (χ1) is 19.4. The molecule has 1 saturated carbocycles. The average molecular weight is 538 g/mol. The fourth-order valence-electron chi connectivity index (χ4n) is 5.28. The second-order valence-corrected chi connectivity index (χ2v) is 10.9. The van der Waals surface area contributed by atoms with Gasteiger partial charge in [-0.15, -0.1) is 0 Å². The summed E-state index contributed by atoms with van der Waals surface area (Å²) in [7, 11) is 0. The molecule has 3 aromatic carbocycles.